The number of aromatic nitrogens is 2. The molecule has 0 bridgehead atoms. The smallest absolute Gasteiger partial charge is 0.277 e. The van der Waals surface area contributed by atoms with Crippen LogP contribution in [0.25, 0.3) is 0 Å². The topological polar surface area (TPSA) is 74.5 Å². The van der Waals surface area contributed by atoms with Gasteiger partial charge in [-0.2, -0.15) is 0 Å². The number of para-hydroxylation sites is 2. The van der Waals surface area contributed by atoms with Gasteiger partial charge in [-0.05, 0) is 12.1 Å². The first-order valence-electron chi connectivity index (χ1n) is 7.72. The molecule has 0 saturated heterocycles. The lowest BCUT2D eigenvalue weighted by molar-refractivity contribution is 0.0686. The Bertz CT molecular complexity index is 882. The average molecular weight is 354 g/mol. The first-order valence-corrected chi connectivity index (χ1v) is 8.71. The maximum Gasteiger partial charge on any atom is 0.277 e. The van der Waals surface area contributed by atoms with Crippen molar-refractivity contribution in [3.05, 3.63) is 66.1 Å². The molecule has 0 saturated carbocycles. The molecule has 0 unspecified atom stereocenters. The summed E-state index contributed by atoms with van der Waals surface area (Å²) in [6.45, 7) is 0.298. The molecular weight excluding hydrogens is 340 g/mol. The van der Waals surface area contributed by atoms with E-state index in [2.05, 4.69) is 10.2 Å². The average Bonchev–Trinajstić information content (AvgIpc) is 3.15. The predicted molar refractivity (Wildman–Crippen MR) is 91.1 cm³/mol. The molecule has 25 heavy (non-hydrogen) atoms. The summed E-state index contributed by atoms with van der Waals surface area (Å²) in [6, 6.07) is 16.5. The van der Waals surface area contributed by atoms with Gasteiger partial charge in [0.25, 0.3) is 11.1 Å². The number of ether oxygens (including phenoxy) is 2. The van der Waals surface area contributed by atoms with Crippen molar-refractivity contribution >= 4 is 17.5 Å². The number of carbonyl (C=O) groups is 1. The molecule has 0 spiro atoms. The molecule has 2 aromatic carbocycles. The zero-order valence-corrected chi connectivity index (χ0v) is 13.9. The maximum atomic E-state index is 12.1. The molecule has 1 aliphatic rings. The molecule has 1 aliphatic heterocycles. The van der Waals surface area contributed by atoms with Gasteiger partial charge in [-0.15, -0.1) is 10.2 Å². The van der Waals surface area contributed by atoms with Gasteiger partial charge in [0, 0.05) is 5.56 Å². The molecule has 0 amide bonds. The van der Waals surface area contributed by atoms with Crippen LogP contribution in [0.5, 0.6) is 11.5 Å². The van der Waals surface area contributed by atoms with Crippen LogP contribution < -0.4 is 9.47 Å². The number of carbonyl (C=O) groups excluding carboxylic acids is 1. The molecule has 0 fully saturated rings. The highest BCUT2D eigenvalue weighted by atomic mass is 32.2. The Labute approximate surface area is 148 Å². The fourth-order valence-electron chi connectivity index (χ4n) is 2.38. The predicted octanol–water partition coefficient (Wildman–Crippen LogP) is 3.56. The zero-order valence-electron chi connectivity index (χ0n) is 13.1. The Balaban J connectivity index is 1.39. The van der Waals surface area contributed by atoms with E-state index in [0.29, 0.717) is 34.8 Å². The Morgan fingerprint density at radius 3 is 2.64 bits per heavy atom. The summed E-state index contributed by atoms with van der Waals surface area (Å²) in [5.74, 6) is 1.92. The minimum atomic E-state index is -0.457. The maximum absolute atomic E-state index is 12.1. The summed E-state index contributed by atoms with van der Waals surface area (Å²) in [6.07, 6.45) is -0.457. The van der Waals surface area contributed by atoms with E-state index in [1.54, 1.807) is 12.1 Å². The molecule has 1 atom stereocenters. The number of hydrogen-bond acceptors (Lipinski definition) is 7. The number of rotatable bonds is 5. The van der Waals surface area contributed by atoms with Crippen molar-refractivity contribution in [2.24, 2.45) is 0 Å². The van der Waals surface area contributed by atoms with E-state index >= 15 is 0 Å². The lowest BCUT2D eigenvalue weighted by Gasteiger charge is -2.23. The van der Waals surface area contributed by atoms with Crippen LogP contribution in [0.4, 0.5) is 0 Å². The number of benzene rings is 2. The van der Waals surface area contributed by atoms with Crippen molar-refractivity contribution in [2.75, 3.05) is 12.4 Å². The molecule has 126 valence electrons. The SMILES string of the molecule is O=C(CSc1nnc([C@@H]2COc3ccccc3O2)o1)c1ccccc1. The van der Waals surface area contributed by atoms with Crippen molar-refractivity contribution in [3.8, 4) is 11.5 Å². The largest absolute Gasteiger partial charge is 0.485 e. The van der Waals surface area contributed by atoms with E-state index in [4.69, 9.17) is 13.9 Å². The quantitative estimate of drug-likeness (QED) is 0.512. The molecule has 7 heteroatoms. The summed E-state index contributed by atoms with van der Waals surface area (Å²) in [5.41, 5.74) is 0.662. The Kier molecular flexibility index (Phi) is 4.39. The zero-order chi connectivity index (χ0) is 17.1. The molecule has 4 rings (SSSR count). The lowest BCUT2D eigenvalue weighted by atomic mass is 10.2. The first kappa shape index (κ1) is 15.7. The molecule has 0 radical (unpaired) electrons. The van der Waals surface area contributed by atoms with Gasteiger partial charge in [-0.25, -0.2) is 0 Å². The van der Waals surface area contributed by atoms with E-state index < -0.39 is 6.10 Å². The standard InChI is InChI=1S/C18H14N2O4S/c21-13(12-6-2-1-3-7-12)11-25-18-20-19-17(24-18)16-10-22-14-8-4-5-9-15(14)23-16/h1-9,16H,10-11H2/t16-/m0/s1. The van der Waals surface area contributed by atoms with Gasteiger partial charge >= 0.3 is 0 Å². The second-order valence-electron chi connectivity index (χ2n) is 5.35. The van der Waals surface area contributed by atoms with Crippen LogP contribution in [0.2, 0.25) is 0 Å². The number of fused-ring (bicyclic) bond motifs is 1. The molecular formula is C18H14N2O4S. The highest BCUT2D eigenvalue weighted by molar-refractivity contribution is 7.99. The fourth-order valence-corrected chi connectivity index (χ4v) is 3.05. The summed E-state index contributed by atoms with van der Waals surface area (Å²) in [4.78, 5) is 12.1. The van der Waals surface area contributed by atoms with E-state index in [0.717, 1.165) is 0 Å². The van der Waals surface area contributed by atoms with Crippen molar-refractivity contribution in [2.45, 2.75) is 11.3 Å². The number of hydrogen-bond donors (Lipinski definition) is 0. The van der Waals surface area contributed by atoms with Crippen molar-refractivity contribution in [1.29, 1.82) is 0 Å². The fraction of sp³-hybridized carbons (Fsp3) is 0.167. The van der Waals surface area contributed by atoms with Crippen LogP contribution >= 0.6 is 11.8 Å². The minimum absolute atomic E-state index is 0.0107. The van der Waals surface area contributed by atoms with Crippen LogP contribution in [-0.4, -0.2) is 28.3 Å². The van der Waals surface area contributed by atoms with Gasteiger partial charge in [-0.3, -0.25) is 4.79 Å². The van der Waals surface area contributed by atoms with Gasteiger partial charge in [-0.1, -0.05) is 54.2 Å². The Morgan fingerprint density at radius 1 is 1.04 bits per heavy atom. The van der Waals surface area contributed by atoms with Crippen LogP contribution in [0.15, 0.2) is 64.2 Å². The van der Waals surface area contributed by atoms with Crippen molar-refractivity contribution in [3.63, 3.8) is 0 Å². The van der Waals surface area contributed by atoms with E-state index in [1.165, 1.54) is 11.8 Å². The van der Waals surface area contributed by atoms with Gasteiger partial charge in [0.1, 0.15) is 6.61 Å². The first-order chi connectivity index (χ1) is 12.3. The second kappa shape index (κ2) is 6.98. The molecule has 0 aliphatic carbocycles. The second-order valence-corrected chi connectivity index (χ2v) is 6.27. The van der Waals surface area contributed by atoms with Gasteiger partial charge < -0.3 is 13.9 Å². The molecule has 3 aromatic rings. The Hall–Kier alpha value is -2.80. The van der Waals surface area contributed by atoms with Gasteiger partial charge in [0.2, 0.25) is 6.10 Å². The minimum Gasteiger partial charge on any atom is -0.485 e. The molecule has 2 heterocycles. The summed E-state index contributed by atoms with van der Waals surface area (Å²) < 4.78 is 17.1. The van der Waals surface area contributed by atoms with Crippen molar-refractivity contribution < 1.29 is 18.7 Å². The highest BCUT2D eigenvalue weighted by Crippen LogP contribution is 2.35. The van der Waals surface area contributed by atoms with E-state index in [1.807, 2.05) is 42.5 Å². The molecule has 6 nitrogen and oxygen atoms in total. The normalized spacial score (nSPS) is 15.8. The molecule has 1 aromatic heterocycles. The number of Topliss-reactive ketones (excluding diaryl/α,β-unsaturated/α-hetero) is 1. The van der Waals surface area contributed by atoms with Crippen LogP contribution in [0, 0.1) is 0 Å². The van der Waals surface area contributed by atoms with Crippen LogP contribution in [0.1, 0.15) is 22.4 Å². The number of thioether (sulfide) groups is 1. The van der Waals surface area contributed by atoms with Gasteiger partial charge in [0.05, 0.1) is 5.75 Å². The third kappa shape index (κ3) is 3.51. The number of nitrogens with zero attached hydrogens (tertiary/aromatic N) is 2. The van der Waals surface area contributed by atoms with E-state index in [9.17, 15) is 4.79 Å². The Morgan fingerprint density at radius 2 is 1.80 bits per heavy atom. The van der Waals surface area contributed by atoms with Crippen molar-refractivity contribution in [1.82, 2.24) is 10.2 Å². The summed E-state index contributed by atoms with van der Waals surface area (Å²) in [7, 11) is 0. The summed E-state index contributed by atoms with van der Waals surface area (Å²) >= 11 is 1.21. The molecule has 0 N–H and O–H groups in total. The monoisotopic (exact) mass is 354 g/mol. The third-order valence-corrected chi connectivity index (χ3v) is 4.45. The van der Waals surface area contributed by atoms with Crippen LogP contribution in [0.3, 0.4) is 0 Å². The highest BCUT2D eigenvalue weighted by Gasteiger charge is 2.27. The number of ketones is 1. The van der Waals surface area contributed by atoms with Crippen LogP contribution in [-0.2, 0) is 0 Å². The van der Waals surface area contributed by atoms with Gasteiger partial charge in [0.15, 0.2) is 17.3 Å². The summed E-state index contributed by atoms with van der Waals surface area (Å²) in [5, 5.41) is 8.32. The lowest BCUT2D eigenvalue weighted by Crippen LogP contribution is -2.21. The van der Waals surface area contributed by atoms with E-state index in [-0.39, 0.29) is 11.5 Å². The third-order valence-electron chi connectivity index (χ3n) is 3.63.